The Morgan fingerprint density at radius 2 is 0.653 bits per heavy atom. The van der Waals surface area contributed by atoms with Gasteiger partial charge in [0.1, 0.15) is 11.2 Å². The van der Waals surface area contributed by atoms with Crippen molar-refractivity contribution in [3.63, 3.8) is 0 Å². The van der Waals surface area contributed by atoms with Crippen molar-refractivity contribution in [2.24, 2.45) is 0 Å². The number of aromatic nitrogens is 3. The molecule has 9 rings (SSSR count). The van der Waals surface area contributed by atoms with Crippen molar-refractivity contribution in [2.75, 3.05) is 0 Å². The van der Waals surface area contributed by atoms with E-state index in [4.69, 9.17) is 19.4 Å². The summed E-state index contributed by atoms with van der Waals surface area (Å²) in [6, 6.07) is 60.6. The van der Waals surface area contributed by atoms with Gasteiger partial charge in [-0.1, -0.05) is 146 Å². The fourth-order valence-corrected chi connectivity index (χ4v) is 6.37. The van der Waals surface area contributed by atoms with Crippen LogP contribution in [0.25, 0.3) is 89.5 Å². The van der Waals surface area contributed by atoms with Gasteiger partial charge in [-0.25, -0.2) is 15.0 Å². The van der Waals surface area contributed by atoms with Gasteiger partial charge in [0.05, 0.1) is 0 Å². The number of nitrogens with zero attached hydrogens (tertiary/aromatic N) is 3. The molecule has 9 aromatic rings. The van der Waals surface area contributed by atoms with Crippen molar-refractivity contribution in [2.45, 2.75) is 0 Å². The maximum absolute atomic E-state index is 6.38. The molecule has 7 aromatic carbocycles. The molecule has 0 saturated heterocycles. The number of hydrogen-bond acceptors (Lipinski definition) is 4. The Morgan fingerprint density at radius 3 is 1.16 bits per heavy atom. The second-order valence-electron chi connectivity index (χ2n) is 12.1. The number of furan rings is 1. The topological polar surface area (TPSA) is 51.8 Å². The molecule has 0 bridgehead atoms. The highest BCUT2D eigenvalue weighted by Gasteiger charge is 2.15. The van der Waals surface area contributed by atoms with Crippen LogP contribution in [0.1, 0.15) is 0 Å². The van der Waals surface area contributed by atoms with Gasteiger partial charge >= 0.3 is 0 Å². The lowest BCUT2D eigenvalue weighted by Crippen LogP contribution is -2.00. The molecule has 4 nitrogen and oxygen atoms in total. The zero-order chi connectivity index (χ0) is 32.6. The predicted molar refractivity (Wildman–Crippen MR) is 200 cm³/mol. The monoisotopic (exact) mass is 627 g/mol. The van der Waals surface area contributed by atoms with Crippen LogP contribution in [0.3, 0.4) is 0 Å². The molecule has 0 N–H and O–H groups in total. The van der Waals surface area contributed by atoms with E-state index in [0.29, 0.717) is 17.5 Å². The zero-order valence-corrected chi connectivity index (χ0v) is 26.5. The van der Waals surface area contributed by atoms with Gasteiger partial charge < -0.3 is 4.42 Å². The van der Waals surface area contributed by atoms with Crippen LogP contribution in [0.5, 0.6) is 0 Å². The summed E-state index contributed by atoms with van der Waals surface area (Å²) >= 11 is 0. The van der Waals surface area contributed by atoms with Crippen LogP contribution < -0.4 is 0 Å². The van der Waals surface area contributed by atoms with Crippen LogP contribution in [-0.4, -0.2) is 15.0 Å². The molecular weight excluding hydrogens is 599 g/mol. The summed E-state index contributed by atoms with van der Waals surface area (Å²) in [5.41, 5.74) is 11.5. The fraction of sp³-hybridized carbons (Fsp3) is 0. The van der Waals surface area contributed by atoms with Crippen molar-refractivity contribution in [1.29, 1.82) is 0 Å². The van der Waals surface area contributed by atoms with E-state index in [9.17, 15) is 0 Å². The lowest BCUT2D eigenvalue weighted by atomic mass is 9.97. The molecule has 0 spiro atoms. The van der Waals surface area contributed by atoms with Crippen molar-refractivity contribution in [3.05, 3.63) is 176 Å². The highest BCUT2D eigenvalue weighted by molar-refractivity contribution is 6.07. The summed E-state index contributed by atoms with van der Waals surface area (Å²) < 4.78 is 6.38. The van der Waals surface area contributed by atoms with Gasteiger partial charge in [-0.3, -0.25) is 0 Å². The van der Waals surface area contributed by atoms with Crippen LogP contribution in [0.4, 0.5) is 0 Å². The van der Waals surface area contributed by atoms with Crippen molar-refractivity contribution in [1.82, 2.24) is 15.0 Å². The van der Waals surface area contributed by atoms with Crippen molar-refractivity contribution < 1.29 is 4.42 Å². The molecule has 0 saturated carbocycles. The minimum atomic E-state index is 0.621. The molecule has 0 amide bonds. The second kappa shape index (κ2) is 12.2. The Kier molecular flexibility index (Phi) is 7.10. The fourth-order valence-electron chi connectivity index (χ4n) is 6.37. The molecule has 2 aromatic heterocycles. The minimum Gasteiger partial charge on any atom is -0.456 e. The van der Waals surface area contributed by atoms with Gasteiger partial charge in [0, 0.05) is 27.5 Å². The second-order valence-corrected chi connectivity index (χ2v) is 12.1. The van der Waals surface area contributed by atoms with E-state index in [-0.39, 0.29) is 0 Å². The Hall–Kier alpha value is -6.65. The van der Waals surface area contributed by atoms with Crippen LogP contribution in [-0.2, 0) is 0 Å². The molecule has 49 heavy (non-hydrogen) atoms. The SMILES string of the molecule is c1ccc(-c2ccc(-c3ccc(-c4ccc5c(c4)oc4ccc(-c6nc(-c7ccccc7)nc(-c7ccccc7)n6)cc45)cc3)cc2)cc1. The molecule has 0 aliphatic heterocycles. The summed E-state index contributed by atoms with van der Waals surface area (Å²) in [5.74, 6) is 1.90. The van der Waals surface area contributed by atoms with Crippen LogP contribution in [0.2, 0.25) is 0 Å². The molecular formula is C45H29N3O. The maximum atomic E-state index is 6.38. The number of hydrogen-bond donors (Lipinski definition) is 0. The van der Waals surface area contributed by atoms with E-state index in [1.165, 1.54) is 22.3 Å². The highest BCUT2D eigenvalue weighted by Crippen LogP contribution is 2.36. The van der Waals surface area contributed by atoms with Crippen LogP contribution >= 0.6 is 0 Å². The van der Waals surface area contributed by atoms with E-state index >= 15 is 0 Å². The molecule has 0 atom stereocenters. The van der Waals surface area contributed by atoms with Gasteiger partial charge in [-0.15, -0.1) is 0 Å². The third-order valence-corrected chi connectivity index (χ3v) is 8.97. The van der Waals surface area contributed by atoms with E-state index in [0.717, 1.165) is 49.8 Å². The van der Waals surface area contributed by atoms with E-state index in [2.05, 4.69) is 97.1 Å². The Labute approximate surface area is 284 Å². The van der Waals surface area contributed by atoms with E-state index in [1.807, 2.05) is 78.9 Å². The Balaban J connectivity index is 1.04. The quantitative estimate of drug-likeness (QED) is 0.184. The normalized spacial score (nSPS) is 11.3. The van der Waals surface area contributed by atoms with Crippen molar-refractivity contribution in [3.8, 4) is 67.5 Å². The van der Waals surface area contributed by atoms with Gasteiger partial charge in [-0.2, -0.15) is 0 Å². The molecule has 2 heterocycles. The molecule has 0 radical (unpaired) electrons. The molecule has 0 aliphatic rings. The predicted octanol–water partition coefficient (Wildman–Crippen LogP) is 11.8. The first-order chi connectivity index (χ1) is 24.2. The summed E-state index contributed by atoms with van der Waals surface area (Å²) in [5, 5.41) is 2.08. The average Bonchev–Trinajstić information content (AvgIpc) is 3.56. The zero-order valence-electron chi connectivity index (χ0n) is 26.5. The Bertz CT molecular complexity index is 2500. The highest BCUT2D eigenvalue weighted by atomic mass is 16.3. The molecule has 4 heteroatoms. The molecule has 0 unspecified atom stereocenters. The molecule has 0 aliphatic carbocycles. The van der Waals surface area contributed by atoms with Crippen molar-refractivity contribution >= 4 is 21.9 Å². The summed E-state index contributed by atoms with van der Waals surface area (Å²) in [4.78, 5) is 14.7. The summed E-state index contributed by atoms with van der Waals surface area (Å²) in [6.45, 7) is 0. The lowest BCUT2D eigenvalue weighted by molar-refractivity contribution is 0.669. The first kappa shape index (κ1) is 28.6. The third kappa shape index (κ3) is 5.56. The van der Waals surface area contributed by atoms with E-state index in [1.54, 1.807) is 0 Å². The number of benzene rings is 7. The van der Waals surface area contributed by atoms with Gasteiger partial charge in [0.25, 0.3) is 0 Å². The lowest BCUT2D eigenvalue weighted by Gasteiger charge is -2.08. The van der Waals surface area contributed by atoms with E-state index < -0.39 is 0 Å². The largest absolute Gasteiger partial charge is 0.456 e. The smallest absolute Gasteiger partial charge is 0.164 e. The van der Waals surface area contributed by atoms with Gasteiger partial charge in [0.15, 0.2) is 17.5 Å². The molecule has 230 valence electrons. The number of fused-ring (bicyclic) bond motifs is 3. The maximum Gasteiger partial charge on any atom is 0.164 e. The van der Waals surface area contributed by atoms with Gasteiger partial charge in [0.2, 0.25) is 0 Å². The van der Waals surface area contributed by atoms with Gasteiger partial charge in [-0.05, 0) is 63.7 Å². The first-order valence-corrected chi connectivity index (χ1v) is 16.4. The Morgan fingerprint density at radius 1 is 0.265 bits per heavy atom. The third-order valence-electron chi connectivity index (χ3n) is 8.97. The molecule has 0 fully saturated rings. The van der Waals surface area contributed by atoms with Crippen LogP contribution in [0.15, 0.2) is 180 Å². The summed E-state index contributed by atoms with van der Waals surface area (Å²) in [6.07, 6.45) is 0. The number of rotatable bonds is 6. The average molecular weight is 628 g/mol. The minimum absolute atomic E-state index is 0.621. The van der Waals surface area contributed by atoms with Crippen LogP contribution in [0, 0.1) is 0 Å². The standard InChI is InChI=1S/C45H29N3O/c1-4-10-30(11-5-1)31-16-18-32(19-17-31)33-20-22-34(23-21-33)37-24-26-39-40-28-38(25-27-41(40)49-42(39)29-37)45-47-43(35-12-6-2-7-13-35)46-44(48-45)36-14-8-3-9-15-36/h1-29H. The first-order valence-electron chi connectivity index (χ1n) is 16.4. The summed E-state index contributed by atoms with van der Waals surface area (Å²) in [7, 11) is 0.